The second kappa shape index (κ2) is 8.65. The average molecular weight is 346 g/mol. The van der Waals surface area contributed by atoms with Crippen LogP contribution in [-0.2, 0) is 9.47 Å². The molecule has 1 N–H and O–H groups in total. The summed E-state index contributed by atoms with van der Waals surface area (Å²) in [5, 5.41) is 3.48. The molecule has 0 amide bonds. The monoisotopic (exact) mass is 346 g/mol. The third-order valence-corrected chi connectivity index (χ3v) is 4.94. The Bertz CT molecular complexity index is 593. The van der Waals surface area contributed by atoms with Crippen LogP contribution in [0.15, 0.2) is 29.3 Å². The zero-order valence-electron chi connectivity index (χ0n) is 15.6. The van der Waals surface area contributed by atoms with Gasteiger partial charge in [-0.3, -0.25) is 4.99 Å². The lowest BCUT2D eigenvalue weighted by molar-refractivity contribution is -0.0190. The molecule has 0 aromatic heterocycles. The summed E-state index contributed by atoms with van der Waals surface area (Å²) in [6.45, 7) is 8.07. The minimum absolute atomic E-state index is 0.0885. The molecule has 25 heavy (non-hydrogen) atoms. The van der Waals surface area contributed by atoms with Gasteiger partial charge in [0.15, 0.2) is 5.96 Å². The van der Waals surface area contributed by atoms with Crippen LogP contribution in [0.4, 0.5) is 0 Å². The number of likely N-dealkylation sites (N-methyl/N-ethyl adjacent to an activating group) is 1. The lowest BCUT2D eigenvalue weighted by Crippen LogP contribution is -2.52. The Balaban J connectivity index is 1.58. The minimum Gasteiger partial charge on any atom is -0.374 e. The van der Waals surface area contributed by atoms with Crippen molar-refractivity contribution in [1.82, 2.24) is 15.1 Å². The zero-order valence-corrected chi connectivity index (χ0v) is 15.6. The number of aryl methyl sites for hydroxylation is 1. The van der Waals surface area contributed by atoms with Crippen LogP contribution in [0, 0.1) is 6.92 Å². The molecular formula is C19H30N4O2. The van der Waals surface area contributed by atoms with E-state index in [0.29, 0.717) is 6.61 Å². The van der Waals surface area contributed by atoms with Crippen molar-refractivity contribution in [3.05, 3.63) is 35.4 Å². The normalized spacial score (nSPS) is 25.9. The Morgan fingerprint density at radius 2 is 2.00 bits per heavy atom. The van der Waals surface area contributed by atoms with Gasteiger partial charge in [0.05, 0.1) is 25.9 Å². The molecule has 2 unspecified atom stereocenters. The van der Waals surface area contributed by atoms with Gasteiger partial charge in [-0.15, -0.1) is 0 Å². The van der Waals surface area contributed by atoms with E-state index < -0.39 is 0 Å². The summed E-state index contributed by atoms with van der Waals surface area (Å²) in [4.78, 5) is 9.06. The van der Waals surface area contributed by atoms with Crippen molar-refractivity contribution in [1.29, 1.82) is 0 Å². The molecule has 3 rings (SSSR count). The molecule has 0 spiro atoms. The zero-order chi connectivity index (χ0) is 17.6. The first-order valence-electron chi connectivity index (χ1n) is 9.10. The van der Waals surface area contributed by atoms with Crippen molar-refractivity contribution in [3.63, 3.8) is 0 Å². The predicted octanol–water partition coefficient (Wildman–Crippen LogP) is 1.27. The quantitative estimate of drug-likeness (QED) is 0.660. The second-order valence-electron chi connectivity index (χ2n) is 6.85. The van der Waals surface area contributed by atoms with E-state index in [9.17, 15) is 0 Å². The van der Waals surface area contributed by atoms with Crippen LogP contribution < -0.4 is 5.32 Å². The number of ether oxygens (including phenoxy) is 2. The number of rotatable bonds is 3. The summed E-state index contributed by atoms with van der Waals surface area (Å²) >= 11 is 0. The Hall–Kier alpha value is -1.63. The SMILES string of the molecule is CN=C(NCC1CN(C)CCO1)N1CCOC(c2ccccc2C)C1. The van der Waals surface area contributed by atoms with Gasteiger partial charge in [-0.2, -0.15) is 0 Å². The van der Waals surface area contributed by atoms with Gasteiger partial charge in [0.1, 0.15) is 6.10 Å². The van der Waals surface area contributed by atoms with E-state index in [1.807, 2.05) is 7.05 Å². The molecule has 0 aliphatic carbocycles. The minimum atomic E-state index is 0.0885. The smallest absolute Gasteiger partial charge is 0.193 e. The first-order chi connectivity index (χ1) is 12.2. The van der Waals surface area contributed by atoms with Crippen LogP contribution >= 0.6 is 0 Å². The molecule has 2 heterocycles. The first-order valence-corrected chi connectivity index (χ1v) is 9.10. The first kappa shape index (κ1) is 18.2. The Labute approximate surface area is 150 Å². The topological polar surface area (TPSA) is 49.3 Å². The standard InChI is InChI=1S/C19H30N4O2/c1-15-6-4-5-7-17(15)18-14-23(9-11-25-18)19(20-2)21-12-16-13-22(3)8-10-24-16/h4-7,16,18H,8-14H2,1-3H3,(H,20,21). The molecule has 138 valence electrons. The fourth-order valence-corrected chi connectivity index (χ4v) is 3.51. The lowest BCUT2D eigenvalue weighted by atomic mass is 10.0. The van der Waals surface area contributed by atoms with Crippen molar-refractivity contribution in [2.24, 2.45) is 4.99 Å². The van der Waals surface area contributed by atoms with E-state index in [1.165, 1.54) is 11.1 Å². The van der Waals surface area contributed by atoms with Gasteiger partial charge in [0.25, 0.3) is 0 Å². The van der Waals surface area contributed by atoms with Gasteiger partial charge >= 0.3 is 0 Å². The molecule has 6 nitrogen and oxygen atoms in total. The summed E-state index contributed by atoms with van der Waals surface area (Å²) in [6.07, 6.45) is 0.300. The molecule has 2 aliphatic rings. The van der Waals surface area contributed by atoms with Crippen LogP contribution in [0.2, 0.25) is 0 Å². The number of benzene rings is 1. The van der Waals surface area contributed by atoms with Crippen molar-refractivity contribution < 1.29 is 9.47 Å². The molecule has 2 atom stereocenters. The largest absolute Gasteiger partial charge is 0.374 e. The maximum Gasteiger partial charge on any atom is 0.193 e. The van der Waals surface area contributed by atoms with E-state index in [-0.39, 0.29) is 12.2 Å². The fourth-order valence-electron chi connectivity index (χ4n) is 3.51. The molecule has 0 radical (unpaired) electrons. The summed E-state index contributed by atoms with van der Waals surface area (Å²) in [6, 6.07) is 8.45. The molecule has 2 saturated heterocycles. The predicted molar refractivity (Wildman–Crippen MR) is 100 cm³/mol. The van der Waals surface area contributed by atoms with E-state index in [2.05, 4.69) is 58.3 Å². The van der Waals surface area contributed by atoms with E-state index in [4.69, 9.17) is 9.47 Å². The molecule has 1 aromatic rings. The van der Waals surface area contributed by atoms with E-state index >= 15 is 0 Å². The van der Waals surface area contributed by atoms with Gasteiger partial charge in [-0.1, -0.05) is 24.3 Å². The highest BCUT2D eigenvalue weighted by atomic mass is 16.5. The molecule has 6 heteroatoms. The second-order valence-corrected chi connectivity index (χ2v) is 6.85. The number of nitrogens with zero attached hydrogens (tertiary/aromatic N) is 3. The summed E-state index contributed by atoms with van der Waals surface area (Å²) in [5.74, 6) is 0.929. The lowest BCUT2D eigenvalue weighted by Gasteiger charge is -2.37. The summed E-state index contributed by atoms with van der Waals surface area (Å²) in [7, 11) is 3.98. The average Bonchev–Trinajstić information content (AvgIpc) is 2.63. The fraction of sp³-hybridized carbons (Fsp3) is 0.632. The molecular weight excluding hydrogens is 316 g/mol. The van der Waals surface area contributed by atoms with Gasteiger partial charge < -0.3 is 24.6 Å². The van der Waals surface area contributed by atoms with Crippen molar-refractivity contribution in [2.45, 2.75) is 19.1 Å². The number of guanidine groups is 1. The summed E-state index contributed by atoms with van der Waals surface area (Å²) < 4.78 is 11.9. The molecule has 2 aliphatic heterocycles. The highest BCUT2D eigenvalue weighted by Gasteiger charge is 2.26. The van der Waals surface area contributed by atoms with E-state index in [0.717, 1.165) is 45.3 Å². The Kier molecular flexibility index (Phi) is 6.29. The third kappa shape index (κ3) is 4.71. The number of nitrogens with one attached hydrogen (secondary N) is 1. The maximum atomic E-state index is 6.02. The van der Waals surface area contributed by atoms with Gasteiger partial charge in [0, 0.05) is 33.2 Å². The molecule has 0 saturated carbocycles. The molecule has 2 fully saturated rings. The Morgan fingerprint density at radius 1 is 1.20 bits per heavy atom. The number of hydrogen-bond acceptors (Lipinski definition) is 4. The highest BCUT2D eigenvalue weighted by molar-refractivity contribution is 5.80. The van der Waals surface area contributed by atoms with Crippen LogP contribution in [0.5, 0.6) is 0 Å². The van der Waals surface area contributed by atoms with Crippen LogP contribution in [-0.4, -0.2) is 81.9 Å². The maximum absolute atomic E-state index is 6.02. The Morgan fingerprint density at radius 3 is 2.76 bits per heavy atom. The van der Waals surface area contributed by atoms with Crippen LogP contribution in [0.25, 0.3) is 0 Å². The highest BCUT2D eigenvalue weighted by Crippen LogP contribution is 2.24. The van der Waals surface area contributed by atoms with Crippen LogP contribution in [0.1, 0.15) is 17.2 Å². The number of hydrogen-bond donors (Lipinski definition) is 1. The van der Waals surface area contributed by atoms with Crippen molar-refractivity contribution in [3.8, 4) is 0 Å². The number of morpholine rings is 2. The van der Waals surface area contributed by atoms with E-state index in [1.54, 1.807) is 0 Å². The van der Waals surface area contributed by atoms with Crippen molar-refractivity contribution >= 4 is 5.96 Å². The molecule has 0 bridgehead atoms. The van der Waals surface area contributed by atoms with Gasteiger partial charge in [-0.25, -0.2) is 0 Å². The number of aliphatic imine (C=N–C) groups is 1. The van der Waals surface area contributed by atoms with Crippen molar-refractivity contribution in [2.75, 3.05) is 60.0 Å². The molecule has 1 aromatic carbocycles. The van der Waals surface area contributed by atoms with Gasteiger partial charge in [-0.05, 0) is 25.1 Å². The summed E-state index contributed by atoms with van der Waals surface area (Å²) in [5.41, 5.74) is 2.54. The van der Waals surface area contributed by atoms with Crippen LogP contribution in [0.3, 0.4) is 0 Å². The third-order valence-electron chi connectivity index (χ3n) is 4.94. The van der Waals surface area contributed by atoms with Gasteiger partial charge in [0.2, 0.25) is 0 Å².